The van der Waals surface area contributed by atoms with Crippen LogP contribution in [0.4, 0.5) is 0 Å². The lowest BCUT2D eigenvalue weighted by Gasteiger charge is -2.09. The molecule has 1 aromatic heterocycles. The van der Waals surface area contributed by atoms with E-state index >= 15 is 0 Å². The Balaban J connectivity index is 2.81. The molecule has 1 N–H and O–H groups in total. The predicted molar refractivity (Wildman–Crippen MR) is 64.7 cm³/mol. The van der Waals surface area contributed by atoms with Crippen molar-refractivity contribution in [1.29, 1.82) is 0 Å². The van der Waals surface area contributed by atoms with Crippen molar-refractivity contribution in [2.75, 3.05) is 7.11 Å². The van der Waals surface area contributed by atoms with Gasteiger partial charge in [0.25, 0.3) is 0 Å². The van der Waals surface area contributed by atoms with Gasteiger partial charge in [0.2, 0.25) is 0 Å². The molecule has 0 fully saturated rings. The molecule has 17 heavy (non-hydrogen) atoms. The van der Waals surface area contributed by atoms with Crippen molar-refractivity contribution >= 4 is 16.9 Å². The molecule has 0 aliphatic heterocycles. The number of aryl methyl sites for hydroxylation is 2. The highest BCUT2D eigenvalue weighted by molar-refractivity contribution is 5.97. The van der Waals surface area contributed by atoms with Crippen LogP contribution < -0.4 is 4.74 Å². The Labute approximate surface area is 98.9 Å². The van der Waals surface area contributed by atoms with E-state index in [2.05, 4.69) is 4.98 Å². The van der Waals surface area contributed by atoms with Gasteiger partial charge < -0.3 is 9.84 Å². The SMILES string of the molecule is COc1ccc2c(C)c(C(=O)O)c(C)nc2c1. The molecule has 1 heterocycles. The van der Waals surface area contributed by atoms with E-state index in [0.717, 1.165) is 16.5 Å². The minimum absolute atomic E-state index is 0.280. The number of aromatic nitrogens is 1. The highest BCUT2D eigenvalue weighted by atomic mass is 16.5. The smallest absolute Gasteiger partial charge is 0.337 e. The van der Waals surface area contributed by atoms with Crippen LogP contribution in [0.2, 0.25) is 0 Å². The van der Waals surface area contributed by atoms with Gasteiger partial charge in [-0.15, -0.1) is 0 Å². The maximum absolute atomic E-state index is 11.1. The molecule has 88 valence electrons. The third-order valence-corrected chi connectivity index (χ3v) is 2.85. The number of pyridine rings is 1. The van der Waals surface area contributed by atoms with Crippen molar-refractivity contribution < 1.29 is 14.6 Å². The molecular weight excluding hydrogens is 218 g/mol. The summed E-state index contributed by atoms with van der Waals surface area (Å²) in [5.74, 6) is -0.225. The first-order chi connectivity index (χ1) is 8.04. The maximum atomic E-state index is 11.1. The summed E-state index contributed by atoms with van der Waals surface area (Å²) in [6.45, 7) is 3.50. The topological polar surface area (TPSA) is 59.4 Å². The number of methoxy groups -OCH3 is 1. The highest BCUT2D eigenvalue weighted by Crippen LogP contribution is 2.25. The van der Waals surface area contributed by atoms with Gasteiger partial charge in [0.05, 0.1) is 23.9 Å². The van der Waals surface area contributed by atoms with Gasteiger partial charge in [-0.3, -0.25) is 4.98 Å². The fraction of sp³-hybridized carbons (Fsp3) is 0.231. The molecule has 0 atom stereocenters. The van der Waals surface area contributed by atoms with Crippen LogP contribution in [0.5, 0.6) is 5.75 Å². The molecule has 0 radical (unpaired) electrons. The van der Waals surface area contributed by atoms with Gasteiger partial charge in [-0.2, -0.15) is 0 Å². The number of carboxylic acids is 1. The zero-order valence-corrected chi connectivity index (χ0v) is 9.94. The van der Waals surface area contributed by atoms with Crippen LogP contribution in [0.25, 0.3) is 10.9 Å². The summed E-state index contributed by atoms with van der Waals surface area (Å²) >= 11 is 0. The number of benzene rings is 1. The van der Waals surface area contributed by atoms with E-state index in [1.807, 2.05) is 6.07 Å². The van der Waals surface area contributed by atoms with Crippen molar-refractivity contribution in [2.45, 2.75) is 13.8 Å². The summed E-state index contributed by atoms with van der Waals surface area (Å²) in [7, 11) is 1.59. The Bertz CT molecular complexity index is 605. The van der Waals surface area contributed by atoms with E-state index in [0.29, 0.717) is 11.4 Å². The molecule has 2 rings (SSSR count). The van der Waals surface area contributed by atoms with Gasteiger partial charge in [-0.1, -0.05) is 0 Å². The lowest BCUT2D eigenvalue weighted by Crippen LogP contribution is -2.05. The van der Waals surface area contributed by atoms with Crippen LogP contribution >= 0.6 is 0 Å². The Hall–Kier alpha value is -2.10. The molecule has 0 unspecified atom stereocenters. The van der Waals surface area contributed by atoms with Gasteiger partial charge in [0, 0.05) is 11.5 Å². The van der Waals surface area contributed by atoms with Crippen LogP contribution in [0.15, 0.2) is 18.2 Å². The highest BCUT2D eigenvalue weighted by Gasteiger charge is 2.15. The third-order valence-electron chi connectivity index (χ3n) is 2.85. The number of ether oxygens (including phenoxy) is 1. The summed E-state index contributed by atoms with van der Waals surface area (Å²) in [6, 6.07) is 5.45. The fourth-order valence-electron chi connectivity index (χ4n) is 2.01. The summed E-state index contributed by atoms with van der Waals surface area (Å²) in [5, 5.41) is 9.98. The first-order valence-corrected chi connectivity index (χ1v) is 5.23. The van der Waals surface area contributed by atoms with Gasteiger partial charge in [0.1, 0.15) is 5.75 Å². The molecule has 0 spiro atoms. The molecule has 4 heteroatoms. The Morgan fingerprint density at radius 2 is 2.06 bits per heavy atom. The minimum atomic E-state index is -0.940. The molecular formula is C13H13NO3. The lowest BCUT2D eigenvalue weighted by atomic mass is 10.0. The second kappa shape index (κ2) is 4.05. The molecule has 0 saturated heterocycles. The van der Waals surface area contributed by atoms with E-state index in [1.54, 1.807) is 33.1 Å². The van der Waals surface area contributed by atoms with Gasteiger partial charge in [-0.25, -0.2) is 4.79 Å². The van der Waals surface area contributed by atoms with Crippen molar-refractivity contribution in [1.82, 2.24) is 4.98 Å². The molecule has 1 aromatic carbocycles. The molecule has 0 aliphatic carbocycles. The van der Waals surface area contributed by atoms with Crippen molar-refractivity contribution in [2.24, 2.45) is 0 Å². The fourth-order valence-corrected chi connectivity index (χ4v) is 2.01. The van der Waals surface area contributed by atoms with Gasteiger partial charge >= 0.3 is 5.97 Å². The van der Waals surface area contributed by atoms with Crippen molar-refractivity contribution in [3.05, 3.63) is 35.0 Å². The maximum Gasteiger partial charge on any atom is 0.337 e. The van der Waals surface area contributed by atoms with Crippen LogP contribution in [0.1, 0.15) is 21.6 Å². The number of nitrogens with zero attached hydrogens (tertiary/aromatic N) is 1. The number of carboxylic acid groups (broad SMARTS) is 1. The largest absolute Gasteiger partial charge is 0.497 e. The average molecular weight is 231 g/mol. The van der Waals surface area contributed by atoms with E-state index in [9.17, 15) is 4.79 Å². The standard InChI is InChI=1S/C13H13NO3/c1-7-10-5-4-9(17-3)6-11(10)14-8(2)12(7)13(15)16/h4-6H,1-3H3,(H,15,16). The Morgan fingerprint density at radius 3 is 2.65 bits per heavy atom. The quantitative estimate of drug-likeness (QED) is 0.862. The van der Waals surface area contributed by atoms with E-state index in [-0.39, 0.29) is 5.56 Å². The first-order valence-electron chi connectivity index (χ1n) is 5.23. The van der Waals surface area contributed by atoms with Gasteiger partial charge in [-0.05, 0) is 31.5 Å². The Kier molecular flexibility index (Phi) is 2.71. The number of rotatable bonds is 2. The van der Waals surface area contributed by atoms with Crippen LogP contribution in [0.3, 0.4) is 0 Å². The summed E-state index contributed by atoms with van der Waals surface area (Å²) in [6.07, 6.45) is 0. The van der Waals surface area contributed by atoms with E-state index in [4.69, 9.17) is 9.84 Å². The zero-order valence-electron chi connectivity index (χ0n) is 9.94. The number of hydrogen-bond donors (Lipinski definition) is 1. The van der Waals surface area contributed by atoms with Crippen LogP contribution in [0, 0.1) is 13.8 Å². The minimum Gasteiger partial charge on any atom is -0.497 e. The third kappa shape index (κ3) is 1.82. The van der Waals surface area contributed by atoms with E-state index < -0.39 is 5.97 Å². The summed E-state index contributed by atoms with van der Waals surface area (Å²) < 4.78 is 5.12. The predicted octanol–water partition coefficient (Wildman–Crippen LogP) is 2.56. The van der Waals surface area contributed by atoms with Crippen LogP contribution in [-0.2, 0) is 0 Å². The zero-order chi connectivity index (χ0) is 12.6. The van der Waals surface area contributed by atoms with Crippen molar-refractivity contribution in [3.8, 4) is 5.75 Å². The first kappa shape index (κ1) is 11.4. The normalized spacial score (nSPS) is 10.5. The van der Waals surface area contributed by atoms with E-state index in [1.165, 1.54) is 0 Å². The number of carbonyl (C=O) groups is 1. The second-order valence-corrected chi connectivity index (χ2v) is 3.89. The molecule has 2 aromatic rings. The lowest BCUT2D eigenvalue weighted by molar-refractivity contribution is 0.0695. The van der Waals surface area contributed by atoms with Crippen LogP contribution in [-0.4, -0.2) is 23.2 Å². The van der Waals surface area contributed by atoms with Gasteiger partial charge in [0.15, 0.2) is 0 Å². The molecule has 0 bridgehead atoms. The summed E-state index contributed by atoms with van der Waals surface area (Å²) in [5.41, 5.74) is 2.30. The number of aromatic carboxylic acids is 1. The monoisotopic (exact) mass is 231 g/mol. The number of fused-ring (bicyclic) bond motifs is 1. The average Bonchev–Trinajstić information content (AvgIpc) is 2.27. The second-order valence-electron chi connectivity index (χ2n) is 3.89. The Morgan fingerprint density at radius 1 is 1.35 bits per heavy atom. The molecule has 0 saturated carbocycles. The molecule has 0 aliphatic rings. The molecule has 4 nitrogen and oxygen atoms in total. The summed E-state index contributed by atoms with van der Waals surface area (Å²) in [4.78, 5) is 15.5. The van der Waals surface area contributed by atoms with Crippen molar-refractivity contribution in [3.63, 3.8) is 0 Å². The number of hydrogen-bond acceptors (Lipinski definition) is 3. The molecule has 0 amide bonds.